The Morgan fingerprint density at radius 3 is 2.28 bits per heavy atom. The monoisotopic (exact) mass is 492 g/mol. The van der Waals surface area contributed by atoms with Crippen LogP contribution in [0.1, 0.15) is 27.3 Å². The Bertz CT molecular complexity index is 1410. The number of carbonyl (C=O) groups excluding carboxylic acids is 1. The van der Waals surface area contributed by atoms with Gasteiger partial charge in [-0.25, -0.2) is 4.68 Å². The van der Waals surface area contributed by atoms with Crippen LogP contribution in [0.15, 0.2) is 72.8 Å². The zero-order valence-electron chi connectivity index (χ0n) is 19.4. The Kier molecular flexibility index (Phi) is 6.01. The van der Waals surface area contributed by atoms with Gasteiger partial charge in [-0.2, -0.15) is 18.3 Å². The maximum absolute atomic E-state index is 13.8. The van der Waals surface area contributed by atoms with Crippen LogP contribution < -0.4 is 15.4 Å². The van der Waals surface area contributed by atoms with Gasteiger partial charge in [-0.05, 0) is 59.5 Å². The Balaban J connectivity index is 1.53. The molecule has 2 N–H and O–H groups in total. The van der Waals surface area contributed by atoms with E-state index < -0.39 is 17.8 Å². The van der Waals surface area contributed by atoms with Gasteiger partial charge in [-0.15, -0.1) is 0 Å². The van der Waals surface area contributed by atoms with Crippen LogP contribution in [0.2, 0.25) is 0 Å². The van der Waals surface area contributed by atoms with Crippen molar-refractivity contribution in [3.8, 4) is 22.6 Å². The van der Waals surface area contributed by atoms with E-state index in [1.165, 1.54) is 12.0 Å². The lowest BCUT2D eigenvalue weighted by Gasteiger charge is -2.28. The van der Waals surface area contributed by atoms with Gasteiger partial charge in [0.15, 0.2) is 5.69 Å². The van der Waals surface area contributed by atoms with Gasteiger partial charge in [-0.3, -0.25) is 4.79 Å². The topological polar surface area (TPSA) is 73.4 Å². The number of benzene rings is 3. The molecule has 4 aromatic rings. The Hall–Kier alpha value is -4.11. The fraction of sp³-hybridized carbons (Fsp3) is 0.185. The molecule has 1 amide bonds. The number of hydrogen-bond acceptors (Lipinski definition) is 4. The summed E-state index contributed by atoms with van der Waals surface area (Å²) in [5, 5.41) is 3.83. The van der Waals surface area contributed by atoms with E-state index in [2.05, 4.69) is 5.10 Å². The fourth-order valence-electron chi connectivity index (χ4n) is 4.55. The van der Waals surface area contributed by atoms with Crippen molar-refractivity contribution in [2.45, 2.75) is 19.1 Å². The summed E-state index contributed by atoms with van der Waals surface area (Å²) in [6.07, 6.45) is -4.65. The third kappa shape index (κ3) is 4.11. The predicted molar refractivity (Wildman–Crippen MR) is 130 cm³/mol. The van der Waals surface area contributed by atoms with Crippen molar-refractivity contribution in [3.05, 3.63) is 95.3 Å². The number of anilines is 1. The first-order valence-corrected chi connectivity index (χ1v) is 11.4. The maximum Gasteiger partial charge on any atom is 0.435 e. The van der Waals surface area contributed by atoms with Gasteiger partial charge in [-0.1, -0.05) is 36.4 Å². The number of nitrogens with zero attached hydrogens (tertiary/aromatic N) is 3. The van der Waals surface area contributed by atoms with Gasteiger partial charge in [0.05, 0.1) is 12.8 Å². The van der Waals surface area contributed by atoms with E-state index in [-0.39, 0.29) is 24.2 Å². The molecule has 5 rings (SSSR count). The van der Waals surface area contributed by atoms with Crippen molar-refractivity contribution in [2.75, 3.05) is 18.6 Å². The highest BCUT2D eigenvalue weighted by atomic mass is 19.4. The molecule has 9 heteroatoms. The molecular weight excluding hydrogens is 469 g/mol. The third-order valence-electron chi connectivity index (χ3n) is 6.33. The first-order valence-electron chi connectivity index (χ1n) is 11.4. The van der Waals surface area contributed by atoms with Crippen LogP contribution in [-0.4, -0.2) is 29.3 Å². The van der Waals surface area contributed by atoms with Gasteiger partial charge >= 0.3 is 6.18 Å². The average molecular weight is 493 g/mol. The third-order valence-corrected chi connectivity index (χ3v) is 6.33. The Labute approximate surface area is 205 Å². The number of halogens is 3. The molecule has 3 aromatic carbocycles. The second-order valence-electron chi connectivity index (χ2n) is 8.40. The van der Waals surface area contributed by atoms with Crippen LogP contribution in [0, 0.1) is 0 Å². The molecule has 0 atom stereocenters. The molecule has 2 heterocycles. The molecule has 6 nitrogen and oxygen atoms in total. The van der Waals surface area contributed by atoms with Gasteiger partial charge < -0.3 is 15.4 Å². The van der Waals surface area contributed by atoms with Crippen LogP contribution in [0.3, 0.4) is 0 Å². The summed E-state index contributed by atoms with van der Waals surface area (Å²) in [6.45, 7) is 0.504. The minimum absolute atomic E-state index is 0.0316. The van der Waals surface area contributed by atoms with Gasteiger partial charge in [0.1, 0.15) is 11.4 Å². The standard InChI is InChI=1S/C27H23F3N4O2/c1-36-21-12-10-20(11-13-21)34-24-23(25(32-34)27(28,29)30)14-15-33(26(24)35)19-8-6-17(7-9-19)22-5-3-2-4-18(22)16-31/h2-13H,14-16,31H2,1H3. The molecule has 1 aliphatic rings. The van der Waals surface area contributed by atoms with Crippen LogP contribution in [-0.2, 0) is 19.1 Å². The van der Waals surface area contributed by atoms with Crippen molar-refractivity contribution in [1.29, 1.82) is 0 Å². The second kappa shape index (κ2) is 9.16. The number of ether oxygens (including phenoxy) is 1. The van der Waals surface area contributed by atoms with E-state index in [1.807, 2.05) is 36.4 Å². The highest BCUT2D eigenvalue weighted by Gasteiger charge is 2.43. The summed E-state index contributed by atoms with van der Waals surface area (Å²) in [4.78, 5) is 15.1. The smallest absolute Gasteiger partial charge is 0.435 e. The lowest BCUT2D eigenvalue weighted by molar-refractivity contribution is -0.141. The van der Waals surface area contributed by atoms with E-state index in [1.54, 1.807) is 36.4 Å². The summed E-state index contributed by atoms with van der Waals surface area (Å²) in [5.41, 5.74) is 8.51. The van der Waals surface area contributed by atoms with E-state index in [0.29, 0.717) is 23.7 Å². The maximum atomic E-state index is 13.8. The average Bonchev–Trinajstić information content (AvgIpc) is 3.30. The molecule has 1 aliphatic heterocycles. The van der Waals surface area contributed by atoms with Crippen molar-refractivity contribution in [1.82, 2.24) is 9.78 Å². The molecule has 0 aliphatic carbocycles. The molecule has 0 fully saturated rings. The largest absolute Gasteiger partial charge is 0.497 e. The number of rotatable bonds is 5. The van der Waals surface area contributed by atoms with Crippen LogP contribution in [0.25, 0.3) is 16.8 Å². The molecule has 184 valence electrons. The van der Waals surface area contributed by atoms with E-state index >= 15 is 0 Å². The van der Waals surface area contributed by atoms with E-state index in [4.69, 9.17) is 10.5 Å². The number of aromatic nitrogens is 2. The molecule has 0 radical (unpaired) electrons. The minimum Gasteiger partial charge on any atom is -0.497 e. The number of amides is 1. The van der Waals surface area contributed by atoms with Crippen molar-refractivity contribution >= 4 is 11.6 Å². The molecule has 0 saturated carbocycles. The lowest BCUT2D eigenvalue weighted by atomic mass is 9.98. The number of hydrogen-bond donors (Lipinski definition) is 1. The number of nitrogens with two attached hydrogens (primary N) is 1. The van der Waals surface area contributed by atoms with E-state index in [9.17, 15) is 18.0 Å². The van der Waals surface area contributed by atoms with Gasteiger partial charge in [0, 0.05) is 24.3 Å². The molecule has 0 unspecified atom stereocenters. The quantitative estimate of drug-likeness (QED) is 0.414. The summed E-state index contributed by atoms with van der Waals surface area (Å²) < 4.78 is 47.6. The highest BCUT2D eigenvalue weighted by Crippen LogP contribution is 2.37. The molecular formula is C27H23F3N4O2. The fourth-order valence-corrected chi connectivity index (χ4v) is 4.55. The Morgan fingerprint density at radius 2 is 1.64 bits per heavy atom. The van der Waals surface area contributed by atoms with Crippen LogP contribution >= 0.6 is 0 Å². The highest BCUT2D eigenvalue weighted by molar-refractivity contribution is 6.07. The number of methoxy groups -OCH3 is 1. The SMILES string of the molecule is COc1ccc(-n2nc(C(F)(F)F)c3c2C(=O)N(c2ccc(-c4ccccc4CN)cc2)CC3)cc1. The number of fused-ring (bicyclic) bond motifs is 1. The Morgan fingerprint density at radius 1 is 0.972 bits per heavy atom. The zero-order chi connectivity index (χ0) is 25.4. The number of carbonyl (C=O) groups is 1. The summed E-state index contributed by atoms with van der Waals surface area (Å²) in [5.74, 6) is 0.00486. The lowest BCUT2D eigenvalue weighted by Crippen LogP contribution is -2.39. The molecule has 0 saturated heterocycles. The first-order chi connectivity index (χ1) is 17.3. The predicted octanol–water partition coefficient (Wildman–Crippen LogP) is 5.23. The van der Waals surface area contributed by atoms with E-state index in [0.717, 1.165) is 21.4 Å². The van der Waals surface area contributed by atoms with Gasteiger partial charge in [0.25, 0.3) is 5.91 Å². The summed E-state index contributed by atoms with van der Waals surface area (Å²) in [7, 11) is 1.49. The zero-order valence-corrected chi connectivity index (χ0v) is 19.4. The first kappa shape index (κ1) is 23.6. The van der Waals surface area contributed by atoms with Crippen LogP contribution in [0.4, 0.5) is 18.9 Å². The summed E-state index contributed by atoms with van der Waals surface area (Å²) >= 11 is 0. The van der Waals surface area contributed by atoms with Gasteiger partial charge in [0.2, 0.25) is 0 Å². The van der Waals surface area contributed by atoms with Crippen LogP contribution in [0.5, 0.6) is 5.75 Å². The van der Waals surface area contributed by atoms with Crippen molar-refractivity contribution in [2.24, 2.45) is 5.73 Å². The minimum atomic E-state index is -4.68. The molecule has 1 aromatic heterocycles. The van der Waals surface area contributed by atoms with Crippen molar-refractivity contribution < 1.29 is 22.7 Å². The molecule has 0 spiro atoms. The normalized spacial score (nSPS) is 13.6. The molecule has 0 bridgehead atoms. The van der Waals surface area contributed by atoms with Crippen molar-refractivity contribution in [3.63, 3.8) is 0 Å². The second-order valence-corrected chi connectivity index (χ2v) is 8.40. The summed E-state index contributed by atoms with van der Waals surface area (Å²) in [6, 6.07) is 21.5. The molecule has 36 heavy (non-hydrogen) atoms. The number of alkyl halides is 3.